The zero-order valence-electron chi connectivity index (χ0n) is 18.9. The van der Waals surface area contributed by atoms with E-state index in [2.05, 4.69) is 4.98 Å². The van der Waals surface area contributed by atoms with Crippen LogP contribution in [-0.4, -0.2) is 34.9 Å². The van der Waals surface area contributed by atoms with Crippen molar-refractivity contribution < 1.29 is 24.2 Å². The number of anilines is 1. The monoisotopic (exact) mass is 484 g/mol. The molecule has 0 aliphatic carbocycles. The number of Topliss-reactive ketones (excluding diaryl/α,β-unsaturated/α-hetero) is 1. The molecule has 2 heterocycles. The molecule has 35 heavy (non-hydrogen) atoms. The van der Waals surface area contributed by atoms with Crippen LogP contribution in [0.15, 0.2) is 78.4 Å². The molecule has 3 aromatic carbocycles. The lowest BCUT2D eigenvalue weighted by Gasteiger charge is -2.23. The first-order valence-electron chi connectivity index (χ1n) is 10.8. The van der Waals surface area contributed by atoms with Crippen molar-refractivity contribution in [2.24, 2.45) is 0 Å². The molecule has 5 rings (SSSR count). The molecule has 0 spiro atoms. The van der Waals surface area contributed by atoms with Gasteiger partial charge in [-0.2, -0.15) is 0 Å². The number of amides is 1. The molecule has 7 nitrogen and oxygen atoms in total. The molecule has 1 atom stereocenters. The Hall–Kier alpha value is -4.30. The summed E-state index contributed by atoms with van der Waals surface area (Å²) in [6, 6.07) is 19.9. The second-order valence-electron chi connectivity index (χ2n) is 8.12. The number of aromatic nitrogens is 1. The minimum absolute atomic E-state index is 0.0394. The summed E-state index contributed by atoms with van der Waals surface area (Å²) in [4.78, 5) is 44.5. The number of ketones is 1. The predicted octanol–water partition coefficient (Wildman–Crippen LogP) is 5.02. The van der Waals surface area contributed by atoms with Crippen molar-refractivity contribution >= 4 is 50.1 Å². The maximum atomic E-state index is 13.3. The van der Waals surface area contributed by atoms with Crippen molar-refractivity contribution in [1.82, 2.24) is 4.98 Å². The smallest absolute Gasteiger partial charge is 0.337 e. The van der Waals surface area contributed by atoms with E-state index in [-0.39, 0.29) is 11.3 Å². The van der Waals surface area contributed by atoms with E-state index in [1.54, 1.807) is 54.6 Å². The van der Waals surface area contributed by atoms with Gasteiger partial charge < -0.3 is 9.84 Å². The molecule has 0 radical (unpaired) electrons. The highest BCUT2D eigenvalue weighted by atomic mass is 32.1. The van der Waals surface area contributed by atoms with Crippen molar-refractivity contribution in [1.29, 1.82) is 0 Å². The molecule has 1 fully saturated rings. The van der Waals surface area contributed by atoms with E-state index in [0.717, 1.165) is 10.3 Å². The predicted molar refractivity (Wildman–Crippen MR) is 133 cm³/mol. The van der Waals surface area contributed by atoms with E-state index in [1.165, 1.54) is 23.3 Å². The standard InChI is InChI=1S/C27H20N2O5S/c1-15-8-13-19-20(14-15)35-27(28-19)29-22(16-9-11-18(12-10-16)26(33)34-2)21(24(31)25(29)32)23(30)17-6-4-3-5-7-17/h3-14,22,30H,1-2H3/t22-/m1/s1. The van der Waals surface area contributed by atoms with Crippen LogP contribution in [0, 0.1) is 6.92 Å². The quantitative estimate of drug-likeness (QED) is 0.189. The van der Waals surface area contributed by atoms with E-state index in [4.69, 9.17) is 4.74 Å². The number of aliphatic hydroxyl groups excluding tert-OH is 1. The molecule has 1 aliphatic rings. The Bertz CT molecular complexity index is 1510. The summed E-state index contributed by atoms with van der Waals surface area (Å²) < 4.78 is 5.65. The van der Waals surface area contributed by atoms with Crippen molar-refractivity contribution in [3.8, 4) is 0 Å². The van der Waals surface area contributed by atoms with E-state index >= 15 is 0 Å². The fourth-order valence-electron chi connectivity index (χ4n) is 4.14. The Morgan fingerprint density at radius 3 is 2.40 bits per heavy atom. The van der Waals surface area contributed by atoms with Crippen molar-refractivity contribution in [2.45, 2.75) is 13.0 Å². The number of carbonyl (C=O) groups is 3. The van der Waals surface area contributed by atoms with Crippen molar-refractivity contribution in [3.63, 3.8) is 0 Å². The molecule has 4 aromatic rings. The Morgan fingerprint density at radius 2 is 1.71 bits per heavy atom. The van der Waals surface area contributed by atoms with Crippen LogP contribution in [0.2, 0.25) is 0 Å². The van der Waals surface area contributed by atoms with Crippen molar-refractivity contribution in [3.05, 3.63) is 101 Å². The minimum atomic E-state index is -0.927. The van der Waals surface area contributed by atoms with Gasteiger partial charge >= 0.3 is 11.9 Å². The number of rotatable bonds is 4. The average Bonchev–Trinajstić information content (AvgIpc) is 3.41. The average molecular weight is 485 g/mol. The third-order valence-corrected chi connectivity index (χ3v) is 6.90. The fraction of sp³-hybridized carbons (Fsp3) is 0.111. The first kappa shape index (κ1) is 22.5. The highest BCUT2D eigenvalue weighted by Gasteiger charge is 2.48. The lowest BCUT2D eigenvalue weighted by Crippen LogP contribution is -2.29. The van der Waals surface area contributed by atoms with Gasteiger partial charge in [0.05, 0.1) is 34.5 Å². The number of benzene rings is 3. The van der Waals surface area contributed by atoms with Gasteiger partial charge in [-0.3, -0.25) is 14.5 Å². The highest BCUT2D eigenvalue weighted by molar-refractivity contribution is 7.22. The molecule has 8 heteroatoms. The van der Waals surface area contributed by atoms with Gasteiger partial charge in [0.2, 0.25) is 0 Å². The number of esters is 1. The largest absolute Gasteiger partial charge is 0.507 e. The van der Waals surface area contributed by atoms with Crippen LogP contribution in [0.25, 0.3) is 16.0 Å². The van der Waals surface area contributed by atoms with Crippen LogP contribution in [0.1, 0.15) is 33.1 Å². The molecule has 1 saturated heterocycles. The van der Waals surface area contributed by atoms with Crippen LogP contribution in [-0.2, 0) is 14.3 Å². The SMILES string of the molecule is COC(=O)c1ccc([C@@H]2C(=C(O)c3ccccc3)C(=O)C(=O)N2c2nc3ccc(C)cc3s2)cc1. The first-order chi connectivity index (χ1) is 16.9. The first-order valence-corrected chi connectivity index (χ1v) is 11.6. The summed E-state index contributed by atoms with van der Waals surface area (Å²) in [5.74, 6) is -2.36. The second-order valence-corrected chi connectivity index (χ2v) is 9.13. The van der Waals surface area contributed by atoms with E-state index in [0.29, 0.717) is 27.3 Å². The number of methoxy groups -OCH3 is 1. The lowest BCUT2D eigenvalue weighted by molar-refractivity contribution is -0.132. The lowest BCUT2D eigenvalue weighted by atomic mass is 9.95. The molecule has 0 saturated carbocycles. The summed E-state index contributed by atoms with van der Waals surface area (Å²) in [7, 11) is 1.29. The summed E-state index contributed by atoms with van der Waals surface area (Å²) in [5.41, 5.74) is 3.01. The fourth-order valence-corrected chi connectivity index (χ4v) is 5.23. The minimum Gasteiger partial charge on any atom is -0.507 e. The third kappa shape index (κ3) is 3.87. The number of aliphatic hydroxyl groups is 1. The van der Waals surface area contributed by atoms with Gasteiger partial charge in [0.1, 0.15) is 5.76 Å². The molecule has 1 aliphatic heterocycles. The number of nitrogens with zero attached hydrogens (tertiary/aromatic N) is 2. The maximum Gasteiger partial charge on any atom is 0.337 e. The summed E-state index contributed by atoms with van der Waals surface area (Å²) >= 11 is 1.30. The summed E-state index contributed by atoms with van der Waals surface area (Å²) in [6.07, 6.45) is 0. The molecule has 1 N–H and O–H groups in total. The molecule has 0 bridgehead atoms. The number of carbonyl (C=O) groups excluding carboxylic acids is 3. The second kappa shape index (κ2) is 8.81. The summed E-state index contributed by atoms with van der Waals surface area (Å²) in [5, 5.41) is 11.5. The maximum absolute atomic E-state index is 13.3. The zero-order valence-corrected chi connectivity index (χ0v) is 19.7. The number of hydrogen-bond donors (Lipinski definition) is 1. The molecule has 1 amide bonds. The van der Waals surface area contributed by atoms with Gasteiger partial charge in [-0.1, -0.05) is 59.9 Å². The molecular weight excluding hydrogens is 464 g/mol. The zero-order chi connectivity index (χ0) is 24.7. The van der Waals surface area contributed by atoms with Gasteiger partial charge in [-0.15, -0.1) is 0 Å². The topological polar surface area (TPSA) is 96.8 Å². The normalized spacial score (nSPS) is 17.2. The Morgan fingerprint density at radius 1 is 1.00 bits per heavy atom. The number of aryl methyl sites for hydroxylation is 1. The molecular formula is C27H20N2O5S. The molecule has 174 valence electrons. The van der Waals surface area contributed by atoms with Crippen molar-refractivity contribution in [2.75, 3.05) is 12.0 Å². The van der Waals surface area contributed by atoms with Crippen LogP contribution in [0.4, 0.5) is 5.13 Å². The molecule has 0 unspecified atom stereocenters. The van der Waals surface area contributed by atoms with Gasteiger partial charge in [-0.25, -0.2) is 9.78 Å². The van der Waals surface area contributed by atoms with E-state index in [9.17, 15) is 19.5 Å². The summed E-state index contributed by atoms with van der Waals surface area (Å²) in [6.45, 7) is 1.97. The Labute approximate surface area is 204 Å². The Kier molecular flexibility index (Phi) is 5.66. The van der Waals surface area contributed by atoms with Crippen LogP contribution >= 0.6 is 11.3 Å². The van der Waals surface area contributed by atoms with Crippen LogP contribution in [0.3, 0.4) is 0 Å². The van der Waals surface area contributed by atoms with Gasteiger partial charge in [0.15, 0.2) is 5.13 Å². The number of ether oxygens (including phenoxy) is 1. The Balaban J connectivity index is 1.71. The number of hydrogen-bond acceptors (Lipinski definition) is 7. The number of thiazole rings is 1. The number of fused-ring (bicyclic) bond motifs is 1. The van der Waals surface area contributed by atoms with Gasteiger partial charge in [0, 0.05) is 5.56 Å². The van der Waals surface area contributed by atoms with Crippen LogP contribution in [0.5, 0.6) is 0 Å². The van der Waals surface area contributed by atoms with Crippen LogP contribution < -0.4 is 4.90 Å². The van der Waals surface area contributed by atoms with Gasteiger partial charge in [0.25, 0.3) is 5.78 Å². The molecule has 1 aromatic heterocycles. The van der Waals surface area contributed by atoms with E-state index < -0.39 is 23.7 Å². The third-order valence-electron chi connectivity index (χ3n) is 5.88. The van der Waals surface area contributed by atoms with Gasteiger partial charge in [-0.05, 0) is 42.3 Å². The highest BCUT2D eigenvalue weighted by Crippen LogP contribution is 2.44. The van der Waals surface area contributed by atoms with E-state index in [1.807, 2.05) is 25.1 Å².